The van der Waals surface area contributed by atoms with Gasteiger partial charge in [-0.05, 0) is 37.8 Å². The van der Waals surface area contributed by atoms with Crippen molar-refractivity contribution in [3.63, 3.8) is 0 Å². The molecule has 0 amide bonds. The van der Waals surface area contributed by atoms with Crippen LogP contribution in [0.3, 0.4) is 0 Å². The fraction of sp³-hybridized carbons (Fsp3) is 0.722. The third-order valence-electron chi connectivity index (χ3n) is 3.89. The lowest BCUT2D eigenvalue weighted by Gasteiger charge is -2.01. The van der Waals surface area contributed by atoms with E-state index in [2.05, 4.69) is 19.9 Å². The van der Waals surface area contributed by atoms with Crippen molar-refractivity contribution in [2.45, 2.75) is 84.5 Å². The summed E-state index contributed by atoms with van der Waals surface area (Å²) in [5.74, 6) is 1.60. The zero-order valence-corrected chi connectivity index (χ0v) is 13.6. The van der Waals surface area contributed by atoms with Crippen molar-refractivity contribution in [3.05, 3.63) is 23.2 Å². The summed E-state index contributed by atoms with van der Waals surface area (Å²) in [6.45, 7) is 4.35. The Kier molecular flexibility index (Phi) is 8.88. The summed E-state index contributed by atoms with van der Waals surface area (Å²) in [5.41, 5.74) is 1.28. The van der Waals surface area contributed by atoms with Gasteiger partial charge >= 0.3 is 5.97 Å². The molecular weight excluding hydrogens is 264 g/mol. The Morgan fingerprint density at radius 1 is 1.05 bits per heavy atom. The first kappa shape index (κ1) is 17.8. The van der Waals surface area contributed by atoms with Gasteiger partial charge < -0.3 is 9.52 Å². The van der Waals surface area contributed by atoms with Gasteiger partial charge in [0, 0.05) is 19.3 Å². The van der Waals surface area contributed by atoms with Crippen LogP contribution in [-0.4, -0.2) is 11.1 Å². The number of furan rings is 1. The SMILES string of the molecule is CCCCCc1cc(C)c(CCCCCCCC(=O)O)o1. The maximum Gasteiger partial charge on any atom is 0.303 e. The second-order valence-electron chi connectivity index (χ2n) is 5.94. The average molecular weight is 294 g/mol. The molecule has 1 N–H and O–H groups in total. The second-order valence-corrected chi connectivity index (χ2v) is 5.94. The van der Waals surface area contributed by atoms with E-state index in [0.717, 1.165) is 56.5 Å². The lowest BCUT2D eigenvalue weighted by atomic mass is 10.1. The lowest BCUT2D eigenvalue weighted by molar-refractivity contribution is -0.137. The highest BCUT2D eigenvalue weighted by atomic mass is 16.4. The summed E-state index contributed by atoms with van der Waals surface area (Å²) in [5, 5.41) is 8.56. The number of carbonyl (C=O) groups is 1. The van der Waals surface area contributed by atoms with Gasteiger partial charge in [0.1, 0.15) is 11.5 Å². The van der Waals surface area contributed by atoms with Gasteiger partial charge in [-0.25, -0.2) is 0 Å². The number of carboxylic acids is 1. The van der Waals surface area contributed by atoms with E-state index in [9.17, 15) is 4.79 Å². The summed E-state index contributed by atoms with van der Waals surface area (Å²) in [7, 11) is 0. The van der Waals surface area contributed by atoms with Crippen LogP contribution in [0.4, 0.5) is 0 Å². The zero-order chi connectivity index (χ0) is 15.5. The Morgan fingerprint density at radius 3 is 2.43 bits per heavy atom. The number of hydrogen-bond acceptors (Lipinski definition) is 2. The Hall–Kier alpha value is -1.25. The van der Waals surface area contributed by atoms with Crippen molar-refractivity contribution in [3.8, 4) is 0 Å². The van der Waals surface area contributed by atoms with Crippen LogP contribution in [0.2, 0.25) is 0 Å². The third kappa shape index (κ3) is 7.93. The van der Waals surface area contributed by atoms with Crippen LogP contribution < -0.4 is 0 Å². The predicted molar refractivity (Wildman–Crippen MR) is 85.7 cm³/mol. The van der Waals surface area contributed by atoms with Crippen LogP contribution in [0.1, 0.15) is 81.8 Å². The molecule has 0 saturated heterocycles. The number of aryl methyl sites for hydroxylation is 3. The molecule has 3 nitrogen and oxygen atoms in total. The average Bonchev–Trinajstić information content (AvgIpc) is 2.78. The van der Waals surface area contributed by atoms with Gasteiger partial charge in [-0.3, -0.25) is 4.79 Å². The molecule has 120 valence electrons. The first-order chi connectivity index (χ1) is 10.1. The summed E-state index contributed by atoms with van der Waals surface area (Å²) in [6, 6.07) is 2.19. The van der Waals surface area contributed by atoms with Gasteiger partial charge in [-0.2, -0.15) is 0 Å². The first-order valence-corrected chi connectivity index (χ1v) is 8.43. The fourth-order valence-corrected chi connectivity index (χ4v) is 2.60. The molecule has 1 aromatic rings. The molecule has 21 heavy (non-hydrogen) atoms. The Bertz CT molecular complexity index is 407. The van der Waals surface area contributed by atoms with Crippen LogP contribution in [0.25, 0.3) is 0 Å². The topological polar surface area (TPSA) is 50.4 Å². The standard InChI is InChI=1S/C18H30O3/c1-3-4-8-11-16-14-15(2)17(21-16)12-9-6-5-7-10-13-18(19)20/h14H,3-13H2,1-2H3,(H,19,20). The maximum absolute atomic E-state index is 10.4. The maximum atomic E-state index is 10.4. The van der Waals surface area contributed by atoms with Crippen molar-refractivity contribution in [1.82, 2.24) is 0 Å². The summed E-state index contributed by atoms with van der Waals surface area (Å²) >= 11 is 0. The lowest BCUT2D eigenvalue weighted by Crippen LogP contribution is -1.93. The van der Waals surface area contributed by atoms with Crippen molar-refractivity contribution in [2.24, 2.45) is 0 Å². The van der Waals surface area contributed by atoms with E-state index < -0.39 is 5.97 Å². The molecule has 0 fully saturated rings. The van der Waals surface area contributed by atoms with Gasteiger partial charge in [-0.15, -0.1) is 0 Å². The number of rotatable bonds is 12. The molecule has 0 radical (unpaired) electrons. The molecule has 0 unspecified atom stereocenters. The van der Waals surface area contributed by atoms with E-state index >= 15 is 0 Å². The highest BCUT2D eigenvalue weighted by Gasteiger charge is 2.07. The molecule has 1 heterocycles. The van der Waals surface area contributed by atoms with Crippen LogP contribution >= 0.6 is 0 Å². The highest BCUT2D eigenvalue weighted by Crippen LogP contribution is 2.19. The van der Waals surface area contributed by atoms with Gasteiger partial charge in [-0.1, -0.05) is 39.0 Å². The Labute approximate surface area is 128 Å². The van der Waals surface area contributed by atoms with Crippen molar-refractivity contribution in [2.75, 3.05) is 0 Å². The summed E-state index contributed by atoms with van der Waals surface area (Å²) < 4.78 is 5.94. The third-order valence-corrected chi connectivity index (χ3v) is 3.89. The molecule has 0 saturated carbocycles. The number of hydrogen-bond donors (Lipinski definition) is 1. The number of aliphatic carboxylic acids is 1. The molecule has 0 aliphatic rings. The van der Waals surface area contributed by atoms with E-state index in [1.165, 1.54) is 24.8 Å². The summed E-state index contributed by atoms with van der Waals surface area (Å²) in [4.78, 5) is 10.4. The van der Waals surface area contributed by atoms with E-state index in [1.54, 1.807) is 0 Å². The van der Waals surface area contributed by atoms with Crippen LogP contribution in [-0.2, 0) is 17.6 Å². The number of unbranched alkanes of at least 4 members (excludes halogenated alkanes) is 6. The molecule has 0 aliphatic carbocycles. The van der Waals surface area contributed by atoms with Crippen LogP contribution in [0, 0.1) is 6.92 Å². The van der Waals surface area contributed by atoms with Gasteiger partial charge in [0.05, 0.1) is 0 Å². The van der Waals surface area contributed by atoms with Crippen molar-refractivity contribution in [1.29, 1.82) is 0 Å². The predicted octanol–water partition coefficient (Wildman–Crippen LogP) is 5.29. The highest BCUT2D eigenvalue weighted by molar-refractivity contribution is 5.66. The molecular formula is C18H30O3. The summed E-state index contributed by atoms with van der Waals surface area (Å²) in [6.07, 6.45) is 11.3. The van der Waals surface area contributed by atoms with E-state index in [0.29, 0.717) is 6.42 Å². The normalized spacial score (nSPS) is 11.0. The van der Waals surface area contributed by atoms with Crippen LogP contribution in [0.5, 0.6) is 0 Å². The van der Waals surface area contributed by atoms with Gasteiger partial charge in [0.2, 0.25) is 0 Å². The minimum Gasteiger partial charge on any atom is -0.481 e. The quantitative estimate of drug-likeness (QED) is 0.533. The van der Waals surface area contributed by atoms with Gasteiger partial charge in [0.25, 0.3) is 0 Å². The fourth-order valence-electron chi connectivity index (χ4n) is 2.60. The molecule has 0 aromatic carbocycles. The van der Waals surface area contributed by atoms with Crippen LogP contribution in [0.15, 0.2) is 10.5 Å². The molecule has 0 aliphatic heterocycles. The molecule has 0 atom stereocenters. The first-order valence-electron chi connectivity index (χ1n) is 8.43. The van der Waals surface area contributed by atoms with E-state index in [4.69, 9.17) is 9.52 Å². The van der Waals surface area contributed by atoms with E-state index in [-0.39, 0.29) is 0 Å². The second kappa shape index (κ2) is 10.5. The zero-order valence-electron chi connectivity index (χ0n) is 13.6. The molecule has 0 bridgehead atoms. The molecule has 0 spiro atoms. The Balaban J connectivity index is 2.15. The van der Waals surface area contributed by atoms with Crippen molar-refractivity contribution >= 4 is 5.97 Å². The largest absolute Gasteiger partial charge is 0.481 e. The Morgan fingerprint density at radius 2 is 1.71 bits per heavy atom. The minimum atomic E-state index is -0.684. The monoisotopic (exact) mass is 294 g/mol. The molecule has 3 heteroatoms. The minimum absolute atomic E-state index is 0.304. The van der Waals surface area contributed by atoms with E-state index in [1.807, 2.05) is 0 Å². The van der Waals surface area contributed by atoms with Gasteiger partial charge in [0.15, 0.2) is 0 Å². The smallest absolute Gasteiger partial charge is 0.303 e. The molecule has 1 rings (SSSR count). The van der Waals surface area contributed by atoms with Crippen molar-refractivity contribution < 1.29 is 14.3 Å². The molecule has 1 aromatic heterocycles. The number of carboxylic acid groups (broad SMARTS) is 1.